The molecule has 41 heavy (non-hydrogen) atoms. The highest BCUT2D eigenvalue weighted by molar-refractivity contribution is 7.89. The van der Waals surface area contributed by atoms with Gasteiger partial charge in [-0.1, -0.05) is 44.2 Å². The van der Waals surface area contributed by atoms with Crippen molar-refractivity contribution < 1.29 is 37.3 Å². The first-order valence-electron chi connectivity index (χ1n) is 14.2. The summed E-state index contributed by atoms with van der Waals surface area (Å²) in [6.45, 7) is 5.26. The van der Waals surface area contributed by atoms with Crippen molar-refractivity contribution in [1.29, 1.82) is 0 Å². The molecule has 11 heteroatoms. The molecule has 0 radical (unpaired) electrons. The highest BCUT2D eigenvalue weighted by atomic mass is 32.2. The predicted molar refractivity (Wildman–Crippen MR) is 153 cm³/mol. The third-order valence-electron chi connectivity index (χ3n) is 7.55. The Hall–Kier alpha value is -2.70. The Morgan fingerprint density at radius 1 is 1.07 bits per heavy atom. The van der Waals surface area contributed by atoms with E-state index in [1.165, 1.54) is 23.5 Å². The van der Waals surface area contributed by atoms with Gasteiger partial charge in [-0.2, -0.15) is 4.31 Å². The van der Waals surface area contributed by atoms with Crippen LogP contribution in [0, 0.1) is 11.8 Å². The molecule has 0 spiro atoms. The van der Waals surface area contributed by atoms with E-state index in [2.05, 4.69) is 5.32 Å². The van der Waals surface area contributed by atoms with E-state index in [0.29, 0.717) is 19.0 Å². The lowest BCUT2D eigenvalue weighted by molar-refractivity contribution is -0.00128. The first kappa shape index (κ1) is 31.2. The molecule has 3 unspecified atom stereocenters. The number of aliphatic hydroxyl groups is 1. The molecule has 2 aromatic rings. The number of rotatable bonds is 12. The maximum absolute atomic E-state index is 13.6. The largest absolute Gasteiger partial charge is 0.497 e. The van der Waals surface area contributed by atoms with Gasteiger partial charge in [0, 0.05) is 32.2 Å². The second-order valence-corrected chi connectivity index (χ2v) is 13.0. The number of hydrogen-bond donors (Lipinski definition) is 2. The van der Waals surface area contributed by atoms with Crippen LogP contribution in [0.25, 0.3) is 0 Å². The van der Waals surface area contributed by atoms with Crippen molar-refractivity contribution in [1.82, 2.24) is 9.62 Å². The van der Waals surface area contributed by atoms with Crippen LogP contribution in [0.5, 0.6) is 5.75 Å². The number of carbonyl (C=O) groups is 1. The van der Waals surface area contributed by atoms with Gasteiger partial charge in [0.1, 0.15) is 11.9 Å². The third-order valence-corrected chi connectivity index (χ3v) is 9.39. The van der Waals surface area contributed by atoms with Crippen LogP contribution in [-0.4, -0.2) is 88.3 Å². The lowest BCUT2D eigenvalue weighted by atomic mass is 9.94. The summed E-state index contributed by atoms with van der Waals surface area (Å²) in [6.07, 6.45) is -0.542. The van der Waals surface area contributed by atoms with E-state index in [1.54, 1.807) is 12.1 Å². The number of methoxy groups -OCH3 is 1. The summed E-state index contributed by atoms with van der Waals surface area (Å²) >= 11 is 0. The van der Waals surface area contributed by atoms with Gasteiger partial charge in [-0.15, -0.1) is 0 Å². The van der Waals surface area contributed by atoms with Crippen LogP contribution in [0.1, 0.15) is 32.3 Å². The molecule has 2 saturated heterocycles. The molecule has 0 aliphatic carbocycles. The molecule has 10 nitrogen and oxygen atoms in total. The third kappa shape index (κ3) is 8.42. The fourth-order valence-corrected chi connectivity index (χ4v) is 7.04. The second-order valence-electron chi connectivity index (χ2n) is 11.1. The highest BCUT2D eigenvalue weighted by Crippen LogP contribution is 2.31. The summed E-state index contributed by atoms with van der Waals surface area (Å²) in [5.74, 6) is 0.592. The van der Waals surface area contributed by atoms with Gasteiger partial charge in [-0.25, -0.2) is 13.2 Å². The van der Waals surface area contributed by atoms with Crippen LogP contribution in [0.4, 0.5) is 4.79 Å². The fraction of sp³-hybridized carbons (Fsp3) is 0.567. The lowest BCUT2D eigenvalue weighted by Crippen LogP contribution is -2.52. The monoisotopic (exact) mass is 590 g/mol. The zero-order valence-corrected chi connectivity index (χ0v) is 24.8. The van der Waals surface area contributed by atoms with Crippen LogP contribution >= 0.6 is 0 Å². The van der Waals surface area contributed by atoms with Crippen LogP contribution in [0.2, 0.25) is 0 Å². The number of benzene rings is 2. The molecule has 2 aliphatic rings. The Labute approximate surface area is 243 Å². The van der Waals surface area contributed by atoms with Crippen molar-refractivity contribution in [3.8, 4) is 5.75 Å². The maximum atomic E-state index is 13.6. The fourth-order valence-electron chi connectivity index (χ4n) is 5.42. The van der Waals surface area contributed by atoms with E-state index >= 15 is 0 Å². The molecule has 2 aliphatic heterocycles. The van der Waals surface area contributed by atoms with Crippen molar-refractivity contribution >= 4 is 16.1 Å². The van der Waals surface area contributed by atoms with Gasteiger partial charge in [0.2, 0.25) is 10.0 Å². The second kappa shape index (κ2) is 14.5. The van der Waals surface area contributed by atoms with Gasteiger partial charge in [-0.3, -0.25) is 0 Å². The standard InChI is InChI=1S/C30H42N2O8S/c1-21(2)18-32(41(35,36)24-11-9-23(37-3)10-12-24)19-27(33)26(17-22-7-5-4-6-8-22)31-30(34)40-29-20-38-15-14-28-25(29)13-16-39-28/h4-12,21,25-29,33H,13-20H2,1-3H3,(H,31,34)/t25?,26-,27+,28?,29?/m1/s1. The first-order valence-corrected chi connectivity index (χ1v) is 15.6. The van der Waals surface area contributed by atoms with Crippen molar-refractivity contribution in [2.75, 3.05) is 40.0 Å². The van der Waals surface area contributed by atoms with E-state index in [1.807, 2.05) is 44.2 Å². The summed E-state index contributed by atoms with van der Waals surface area (Å²) in [4.78, 5) is 13.3. The number of aliphatic hydroxyl groups excluding tert-OH is 1. The van der Waals surface area contributed by atoms with Crippen molar-refractivity contribution in [2.45, 2.75) is 62.4 Å². The Kier molecular flexibility index (Phi) is 11.0. The number of alkyl carbamates (subject to hydrolysis) is 1. The lowest BCUT2D eigenvalue weighted by Gasteiger charge is -2.31. The van der Waals surface area contributed by atoms with E-state index in [0.717, 1.165) is 18.4 Å². The molecule has 2 heterocycles. The molecule has 0 aromatic heterocycles. The van der Waals surface area contributed by atoms with Crippen LogP contribution in [-0.2, 0) is 30.7 Å². The molecule has 1 amide bonds. The van der Waals surface area contributed by atoms with Gasteiger partial charge < -0.3 is 29.4 Å². The Bertz CT molecular complexity index is 1210. The van der Waals surface area contributed by atoms with Gasteiger partial charge in [-0.05, 0) is 55.0 Å². The zero-order chi connectivity index (χ0) is 29.4. The molecule has 0 saturated carbocycles. The van der Waals surface area contributed by atoms with Crippen LogP contribution < -0.4 is 10.1 Å². The molecule has 4 rings (SSSR count). The van der Waals surface area contributed by atoms with Crippen molar-refractivity contribution in [2.24, 2.45) is 11.8 Å². The summed E-state index contributed by atoms with van der Waals surface area (Å²) in [6, 6.07) is 14.8. The summed E-state index contributed by atoms with van der Waals surface area (Å²) in [7, 11) is -2.43. The van der Waals surface area contributed by atoms with Crippen LogP contribution in [0.15, 0.2) is 59.5 Å². The van der Waals surface area contributed by atoms with Crippen LogP contribution in [0.3, 0.4) is 0 Å². The minimum absolute atomic E-state index is 0.00228. The number of ether oxygens (including phenoxy) is 4. The Morgan fingerprint density at radius 3 is 2.49 bits per heavy atom. The van der Waals surface area contributed by atoms with Gasteiger partial charge in [0.25, 0.3) is 0 Å². The molecular formula is C30H42N2O8S. The topological polar surface area (TPSA) is 124 Å². The number of amides is 1. The first-order chi connectivity index (χ1) is 19.7. The van der Waals surface area contributed by atoms with Crippen molar-refractivity contribution in [3.63, 3.8) is 0 Å². The predicted octanol–water partition coefficient (Wildman–Crippen LogP) is 3.23. The molecule has 5 atom stereocenters. The minimum Gasteiger partial charge on any atom is -0.497 e. The minimum atomic E-state index is -3.94. The molecule has 2 fully saturated rings. The highest BCUT2D eigenvalue weighted by Gasteiger charge is 2.39. The maximum Gasteiger partial charge on any atom is 0.407 e. The average molecular weight is 591 g/mol. The Morgan fingerprint density at radius 2 is 1.80 bits per heavy atom. The zero-order valence-electron chi connectivity index (χ0n) is 24.0. The molecule has 226 valence electrons. The number of fused-ring (bicyclic) bond motifs is 1. The number of nitrogens with zero attached hydrogens (tertiary/aromatic N) is 1. The molecule has 2 N–H and O–H groups in total. The van der Waals surface area contributed by atoms with E-state index in [4.69, 9.17) is 18.9 Å². The van der Waals surface area contributed by atoms with Gasteiger partial charge >= 0.3 is 6.09 Å². The molecule has 0 bridgehead atoms. The summed E-state index contributed by atoms with van der Waals surface area (Å²) in [5, 5.41) is 14.3. The molecular weight excluding hydrogens is 548 g/mol. The van der Waals surface area contributed by atoms with E-state index in [-0.39, 0.29) is 49.0 Å². The molecule has 2 aromatic carbocycles. The number of hydrogen-bond acceptors (Lipinski definition) is 8. The smallest absolute Gasteiger partial charge is 0.407 e. The van der Waals surface area contributed by atoms with E-state index in [9.17, 15) is 18.3 Å². The number of nitrogens with one attached hydrogen (secondary N) is 1. The number of sulfonamides is 1. The van der Waals surface area contributed by atoms with Gasteiger partial charge in [0.15, 0.2) is 0 Å². The normalized spacial score (nSPS) is 22.5. The number of carbonyl (C=O) groups excluding carboxylic acids is 1. The van der Waals surface area contributed by atoms with E-state index < -0.39 is 34.4 Å². The Balaban J connectivity index is 1.52. The summed E-state index contributed by atoms with van der Waals surface area (Å²) in [5.41, 5.74) is 0.882. The van der Waals surface area contributed by atoms with Gasteiger partial charge in [0.05, 0.1) is 36.9 Å². The quantitative estimate of drug-likeness (QED) is 0.386. The SMILES string of the molecule is COc1ccc(S(=O)(=O)N(CC(C)C)C[C@H](O)[C@@H](Cc2ccccc2)NC(=O)OC2COCCC3OCCC32)cc1. The summed E-state index contributed by atoms with van der Waals surface area (Å²) < 4.78 is 51.0. The average Bonchev–Trinajstić information content (AvgIpc) is 3.34. The van der Waals surface area contributed by atoms with Crippen molar-refractivity contribution in [3.05, 3.63) is 60.2 Å².